The number of hydrogen-bond acceptors (Lipinski definition) is 2. The highest BCUT2D eigenvalue weighted by Gasteiger charge is 2.21. The average molecular weight is 367 g/mol. The van der Waals surface area contributed by atoms with E-state index in [1.165, 1.54) is 0 Å². The second kappa shape index (κ2) is 6.39. The van der Waals surface area contributed by atoms with Crippen molar-refractivity contribution in [2.45, 2.75) is 6.54 Å². The molecular weight excluding hydrogens is 350 g/mol. The number of para-hydroxylation sites is 1. The molecule has 0 aliphatic carbocycles. The molecule has 0 spiro atoms. The molecule has 0 saturated carbocycles. The number of rotatable bonds is 3. The zero-order chi connectivity index (χ0) is 19.1. The third kappa shape index (κ3) is 2.74. The number of aromatic amines is 1. The fourth-order valence-corrected chi connectivity index (χ4v) is 3.65. The van der Waals surface area contributed by atoms with Crippen LogP contribution in [-0.2, 0) is 6.54 Å². The molecule has 1 aromatic heterocycles. The highest BCUT2D eigenvalue weighted by atomic mass is 16.2. The van der Waals surface area contributed by atoms with E-state index in [1.54, 1.807) is 0 Å². The van der Waals surface area contributed by atoms with Gasteiger partial charge in [0, 0.05) is 28.7 Å². The number of nitrogens with one attached hydrogen (secondary N) is 3. The van der Waals surface area contributed by atoms with E-state index in [9.17, 15) is 9.59 Å². The Hall–Kier alpha value is -3.86. The lowest BCUT2D eigenvalue weighted by molar-refractivity contribution is 0.0964. The van der Waals surface area contributed by atoms with Crippen LogP contribution in [0.15, 0.2) is 72.8 Å². The molecule has 0 unspecified atom stereocenters. The van der Waals surface area contributed by atoms with Gasteiger partial charge in [-0.3, -0.25) is 9.59 Å². The van der Waals surface area contributed by atoms with Gasteiger partial charge in [0.15, 0.2) is 0 Å². The maximum Gasteiger partial charge on any atom is 0.272 e. The fraction of sp³-hybridized carbons (Fsp3) is 0.0435. The number of carbonyl (C=O) groups is 2. The van der Waals surface area contributed by atoms with Crippen molar-refractivity contribution in [1.29, 1.82) is 0 Å². The molecule has 5 rings (SSSR count). The monoisotopic (exact) mass is 367 g/mol. The van der Waals surface area contributed by atoms with E-state index in [4.69, 9.17) is 0 Å². The molecule has 28 heavy (non-hydrogen) atoms. The van der Waals surface area contributed by atoms with E-state index in [0.29, 0.717) is 17.9 Å². The summed E-state index contributed by atoms with van der Waals surface area (Å²) in [7, 11) is 0. The number of benzene rings is 3. The third-order valence-electron chi connectivity index (χ3n) is 5.07. The molecule has 2 heterocycles. The number of amides is 2. The minimum absolute atomic E-state index is 0.0286. The molecule has 1 aliphatic rings. The summed E-state index contributed by atoms with van der Waals surface area (Å²) in [6, 6.07) is 23.0. The van der Waals surface area contributed by atoms with Crippen molar-refractivity contribution in [3.05, 3.63) is 89.6 Å². The lowest BCUT2D eigenvalue weighted by atomic mass is 9.97. The Bertz CT molecular complexity index is 1190. The van der Waals surface area contributed by atoms with E-state index >= 15 is 0 Å². The van der Waals surface area contributed by atoms with Crippen LogP contribution in [0.5, 0.6) is 0 Å². The summed E-state index contributed by atoms with van der Waals surface area (Å²) in [6.07, 6.45) is 0. The standard InChI is InChI=1S/C23H17N3O2/c27-22-18-6-3-5-17(19(18)13-24-22)14-8-10-16(11-9-14)25-23(28)21-12-15-4-1-2-7-20(15)26-21/h1-12,26H,13H2,(H,24,27)(H,25,28). The van der Waals surface area contributed by atoms with Crippen LogP contribution in [0.3, 0.4) is 0 Å². The molecule has 4 aromatic rings. The van der Waals surface area contributed by atoms with Crippen LogP contribution in [0.4, 0.5) is 5.69 Å². The predicted molar refractivity (Wildman–Crippen MR) is 109 cm³/mol. The SMILES string of the molecule is O=C(Nc1ccc(-c2cccc3c2CNC3=O)cc1)c1cc2ccccc2[nH]1. The molecular formula is C23H17N3O2. The minimum atomic E-state index is -0.181. The van der Waals surface area contributed by atoms with E-state index in [-0.39, 0.29) is 11.8 Å². The van der Waals surface area contributed by atoms with E-state index in [2.05, 4.69) is 15.6 Å². The zero-order valence-corrected chi connectivity index (χ0v) is 15.0. The van der Waals surface area contributed by atoms with Gasteiger partial charge in [0.1, 0.15) is 5.69 Å². The van der Waals surface area contributed by atoms with Crippen LogP contribution < -0.4 is 10.6 Å². The number of carbonyl (C=O) groups excluding carboxylic acids is 2. The summed E-state index contributed by atoms with van der Waals surface area (Å²) < 4.78 is 0. The van der Waals surface area contributed by atoms with Crippen LogP contribution in [-0.4, -0.2) is 16.8 Å². The van der Waals surface area contributed by atoms with Crippen LogP contribution in [0.25, 0.3) is 22.0 Å². The van der Waals surface area contributed by atoms with Gasteiger partial charge in [-0.15, -0.1) is 0 Å². The van der Waals surface area contributed by atoms with Crippen molar-refractivity contribution in [2.24, 2.45) is 0 Å². The van der Waals surface area contributed by atoms with Gasteiger partial charge in [0.05, 0.1) is 0 Å². The number of anilines is 1. The molecule has 5 heteroatoms. The van der Waals surface area contributed by atoms with Gasteiger partial charge in [-0.25, -0.2) is 0 Å². The van der Waals surface area contributed by atoms with Gasteiger partial charge < -0.3 is 15.6 Å². The Kier molecular flexibility index (Phi) is 3.72. The lowest BCUT2D eigenvalue weighted by Crippen LogP contribution is -2.12. The van der Waals surface area contributed by atoms with Crippen LogP contribution >= 0.6 is 0 Å². The minimum Gasteiger partial charge on any atom is -0.351 e. The summed E-state index contributed by atoms with van der Waals surface area (Å²) in [4.78, 5) is 27.5. The quantitative estimate of drug-likeness (QED) is 0.504. The molecule has 2 amide bonds. The Labute approximate surface area is 161 Å². The zero-order valence-electron chi connectivity index (χ0n) is 15.0. The van der Waals surface area contributed by atoms with Crippen molar-refractivity contribution in [1.82, 2.24) is 10.3 Å². The average Bonchev–Trinajstić information content (AvgIpc) is 3.33. The maximum absolute atomic E-state index is 12.5. The van der Waals surface area contributed by atoms with Crippen LogP contribution in [0.1, 0.15) is 26.4 Å². The molecule has 0 saturated heterocycles. The number of H-pyrrole nitrogens is 1. The highest BCUT2D eigenvalue weighted by molar-refractivity contribution is 6.06. The van der Waals surface area contributed by atoms with E-state index in [0.717, 1.165) is 33.2 Å². The molecule has 3 aromatic carbocycles. The first-order valence-corrected chi connectivity index (χ1v) is 9.09. The molecule has 0 atom stereocenters. The van der Waals surface area contributed by atoms with Crippen molar-refractivity contribution in [3.8, 4) is 11.1 Å². The van der Waals surface area contributed by atoms with Gasteiger partial charge in [-0.1, -0.05) is 42.5 Å². The first-order chi connectivity index (χ1) is 13.7. The fourth-order valence-electron chi connectivity index (χ4n) is 3.65. The van der Waals surface area contributed by atoms with E-state index < -0.39 is 0 Å². The van der Waals surface area contributed by atoms with Crippen molar-refractivity contribution < 1.29 is 9.59 Å². The topological polar surface area (TPSA) is 74.0 Å². The maximum atomic E-state index is 12.5. The Morgan fingerprint density at radius 3 is 2.50 bits per heavy atom. The van der Waals surface area contributed by atoms with Gasteiger partial charge in [0.25, 0.3) is 11.8 Å². The van der Waals surface area contributed by atoms with Gasteiger partial charge >= 0.3 is 0 Å². The lowest BCUT2D eigenvalue weighted by Gasteiger charge is -2.09. The summed E-state index contributed by atoms with van der Waals surface area (Å²) in [5.41, 5.74) is 5.96. The Balaban J connectivity index is 1.38. The number of hydrogen-bond donors (Lipinski definition) is 3. The van der Waals surface area contributed by atoms with Gasteiger partial charge in [-0.2, -0.15) is 0 Å². The highest BCUT2D eigenvalue weighted by Crippen LogP contribution is 2.30. The molecule has 1 aliphatic heterocycles. The largest absolute Gasteiger partial charge is 0.351 e. The van der Waals surface area contributed by atoms with Crippen molar-refractivity contribution in [3.63, 3.8) is 0 Å². The summed E-state index contributed by atoms with van der Waals surface area (Å²) in [5.74, 6) is -0.210. The second-order valence-corrected chi connectivity index (χ2v) is 6.82. The Morgan fingerprint density at radius 2 is 1.68 bits per heavy atom. The summed E-state index contributed by atoms with van der Waals surface area (Å²) in [6.45, 7) is 0.545. The molecule has 0 radical (unpaired) electrons. The third-order valence-corrected chi connectivity index (χ3v) is 5.07. The molecule has 5 nitrogen and oxygen atoms in total. The first kappa shape index (κ1) is 16.3. The van der Waals surface area contributed by atoms with Crippen molar-refractivity contribution >= 4 is 28.4 Å². The molecule has 136 valence electrons. The van der Waals surface area contributed by atoms with Crippen LogP contribution in [0, 0.1) is 0 Å². The van der Waals surface area contributed by atoms with E-state index in [1.807, 2.05) is 72.8 Å². The molecule has 0 bridgehead atoms. The predicted octanol–water partition coefficient (Wildman–Crippen LogP) is 4.33. The van der Waals surface area contributed by atoms with Crippen LogP contribution in [0.2, 0.25) is 0 Å². The van der Waals surface area contributed by atoms with Crippen molar-refractivity contribution in [2.75, 3.05) is 5.32 Å². The van der Waals surface area contributed by atoms with Gasteiger partial charge in [-0.05, 0) is 47.0 Å². The van der Waals surface area contributed by atoms with Gasteiger partial charge in [0.2, 0.25) is 0 Å². The smallest absolute Gasteiger partial charge is 0.272 e. The molecule has 3 N–H and O–H groups in total. The molecule has 0 fully saturated rings. The summed E-state index contributed by atoms with van der Waals surface area (Å²) in [5, 5.41) is 6.79. The first-order valence-electron chi connectivity index (χ1n) is 9.09. The summed E-state index contributed by atoms with van der Waals surface area (Å²) >= 11 is 0. The number of aromatic nitrogens is 1. The number of fused-ring (bicyclic) bond motifs is 2. The normalized spacial score (nSPS) is 12.6. The second-order valence-electron chi connectivity index (χ2n) is 6.82. The Morgan fingerprint density at radius 1 is 0.893 bits per heavy atom.